The van der Waals surface area contributed by atoms with Crippen LogP contribution >= 0.6 is 0 Å². The summed E-state index contributed by atoms with van der Waals surface area (Å²) in [5, 5.41) is 7.35. The Labute approximate surface area is 167 Å². The van der Waals surface area contributed by atoms with Gasteiger partial charge in [0.2, 0.25) is 0 Å². The van der Waals surface area contributed by atoms with E-state index in [-0.39, 0.29) is 23.3 Å². The van der Waals surface area contributed by atoms with E-state index in [1.54, 1.807) is 25.1 Å². The first-order valence-corrected chi connectivity index (χ1v) is 9.28. The first kappa shape index (κ1) is 20.4. The highest BCUT2D eigenvalue weighted by molar-refractivity contribution is 5.95. The van der Waals surface area contributed by atoms with Crippen molar-refractivity contribution in [2.45, 2.75) is 45.8 Å². The first-order chi connectivity index (χ1) is 13.8. The van der Waals surface area contributed by atoms with Gasteiger partial charge in [0.1, 0.15) is 5.82 Å². The van der Waals surface area contributed by atoms with E-state index in [1.165, 1.54) is 25.3 Å². The summed E-state index contributed by atoms with van der Waals surface area (Å²) < 4.78 is 23.5. The molecule has 7 nitrogen and oxygen atoms in total. The van der Waals surface area contributed by atoms with Crippen molar-refractivity contribution in [1.82, 2.24) is 15.5 Å². The Morgan fingerprint density at radius 3 is 2.48 bits per heavy atom. The maximum Gasteiger partial charge on any atom is 0.340 e. The molecule has 2 aromatic heterocycles. The van der Waals surface area contributed by atoms with Gasteiger partial charge in [0.05, 0.1) is 22.7 Å². The number of fused-ring (bicyclic) bond motifs is 1. The fraction of sp³-hybridized carbons (Fsp3) is 0.333. The Bertz CT molecular complexity index is 1030. The van der Waals surface area contributed by atoms with Crippen molar-refractivity contribution in [2.24, 2.45) is 0 Å². The molecule has 0 fully saturated rings. The van der Waals surface area contributed by atoms with E-state index < -0.39 is 18.0 Å². The summed E-state index contributed by atoms with van der Waals surface area (Å²) in [6.07, 6.45) is 0.305. The molecule has 0 radical (unpaired) electrons. The molecule has 152 valence electrons. The third-order valence-corrected chi connectivity index (χ3v) is 4.52. The number of esters is 1. The summed E-state index contributed by atoms with van der Waals surface area (Å²) >= 11 is 0. The van der Waals surface area contributed by atoms with E-state index in [2.05, 4.69) is 15.5 Å². The molecule has 3 aromatic rings. The number of carbonyl (C=O) groups is 2. The largest absolute Gasteiger partial charge is 0.449 e. The van der Waals surface area contributed by atoms with Crippen molar-refractivity contribution < 1.29 is 23.2 Å². The Kier molecular flexibility index (Phi) is 5.91. The number of nitrogens with one attached hydrogen (secondary N) is 1. The van der Waals surface area contributed by atoms with Gasteiger partial charge in [-0.2, -0.15) is 0 Å². The van der Waals surface area contributed by atoms with Crippen LogP contribution < -0.4 is 5.32 Å². The number of hydrogen-bond donors (Lipinski definition) is 1. The van der Waals surface area contributed by atoms with Gasteiger partial charge in [0.15, 0.2) is 6.10 Å². The van der Waals surface area contributed by atoms with Crippen LogP contribution in [0.3, 0.4) is 0 Å². The number of rotatable bonds is 6. The van der Waals surface area contributed by atoms with E-state index >= 15 is 0 Å². The lowest BCUT2D eigenvalue weighted by Gasteiger charge is -2.18. The summed E-state index contributed by atoms with van der Waals surface area (Å²) in [7, 11) is 0. The second kappa shape index (κ2) is 8.38. The Balaban J connectivity index is 1.66. The van der Waals surface area contributed by atoms with Gasteiger partial charge >= 0.3 is 5.97 Å². The predicted molar refractivity (Wildman–Crippen MR) is 104 cm³/mol. The van der Waals surface area contributed by atoms with Crippen LogP contribution in [0.4, 0.5) is 4.39 Å². The van der Waals surface area contributed by atoms with Crippen molar-refractivity contribution >= 4 is 23.0 Å². The molecule has 1 aromatic carbocycles. The molecule has 0 bridgehead atoms. The number of nitrogens with zero attached hydrogens (tertiary/aromatic N) is 2. The van der Waals surface area contributed by atoms with Gasteiger partial charge in [-0.25, -0.2) is 14.2 Å². The van der Waals surface area contributed by atoms with Crippen molar-refractivity contribution in [3.63, 3.8) is 0 Å². The van der Waals surface area contributed by atoms with Crippen LogP contribution in [-0.4, -0.2) is 28.1 Å². The molecule has 29 heavy (non-hydrogen) atoms. The molecule has 0 spiro atoms. The minimum atomic E-state index is -1.02. The average molecular weight is 399 g/mol. The summed E-state index contributed by atoms with van der Waals surface area (Å²) in [5.41, 5.74) is 1.97. The summed E-state index contributed by atoms with van der Waals surface area (Å²) in [4.78, 5) is 28.9. The normalized spacial score (nSPS) is 13.3. The fourth-order valence-corrected chi connectivity index (χ4v) is 2.83. The quantitative estimate of drug-likeness (QED) is 0.632. The molecule has 2 heterocycles. The van der Waals surface area contributed by atoms with Crippen LogP contribution in [-0.2, 0) is 9.53 Å². The zero-order valence-electron chi connectivity index (χ0n) is 16.6. The van der Waals surface area contributed by atoms with E-state index in [4.69, 9.17) is 9.26 Å². The molecule has 2 atom stereocenters. The number of benzene rings is 1. The molecular weight excluding hydrogens is 377 g/mol. The Hall–Kier alpha value is -3.29. The van der Waals surface area contributed by atoms with Crippen LogP contribution in [0.2, 0.25) is 0 Å². The minimum absolute atomic E-state index is 0.0990. The average Bonchev–Trinajstić information content (AvgIpc) is 3.11. The summed E-state index contributed by atoms with van der Waals surface area (Å²) in [6.45, 7) is 7.15. The third kappa shape index (κ3) is 4.59. The van der Waals surface area contributed by atoms with Gasteiger partial charge in [-0.15, -0.1) is 0 Å². The molecule has 0 aliphatic rings. The second-order valence-corrected chi connectivity index (χ2v) is 7.13. The predicted octanol–water partition coefficient (Wildman–Crippen LogP) is 3.91. The number of hydrogen-bond acceptors (Lipinski definition) is 6. The second-order valence-electron chi connectivity index (χ2n) is 7.13. The first-order valence-electron chi connectivity index (χ1n) is 9.28. The number of ether oxygens (including phenoxy) is 1. The molecule has 0 aliphatic heterocycles. The lowest BCUT2D eigenvalue weighted by molar-refractivity contribution is -0.129. The van der Waals surface area contributed by atoms with Crippen molar-refractivity contribution in [3.05, 3.63) is 59.2 Å². The fourth-order valence-electron chi connectivity index (χ4n) is 2.83. The number of pyridine rings is 1. The lowest BCUT2D eigenvalue weighted by atomic mass is 10.1. The van der Waals surface area contributed by atoms with E-state index in [0.717, 1.165) is 5.56 Å². The Morgan fingerprint density at radius 2 is 1.83 bits per heavy atom. The number of aromatic nitrogens is 2. The van der Waals surface area contributed by atoms with Crippen LogP contribution in [0.5, 0.6) is 0 Å². The van der Waals surface area contributed by atoms with Crippen LogP contribution in [0.25, 0.3) is 11.1 Å². The number of halogens is 1. The standard InChI is InChI=1S/C21H22FN3O4/c1-11(2)18-17-9-15(10-23-20(17)29-25-18)21(27)28-13(4)19(26)24-12(3)14-5-7-16(22)8-6-14/h5-13H,1-4H3,(H,24,26)/t12-,13+/m1/s1. The van der Waals surface area contributed by atoms with Crippen molar-refractivity contribution in [1.29, 1.82) is 0 Å². The lowest BCUT2D eigenvalue weighted by Crippen LogP contribution is -2.37. The smallest absolute Gasteiger partial charge is 0.340 e. The molecule has 0 saturated carbocycles. The summed E-state index contributed by atoms with van der Waals surface area (Å²) in [6, 6.07) is 7.04. The van der Waals surface area contributed by atoms with Crippen LogP contribution in [0.1, 0.15) is 61.3 Å². The van der Waals surface area contributed by atoms with Gasteiger partial charge in [0.25, 0.3) is 11.6 Å². The summed E-state index contributed by atoms with van der Waals surface area (Å²) in [5.74, 6) is -1.39. The molecule has 0 aliphatic carbocycles. The maximum atomic E-state index is 13.0. The van der Waals surface area contributed by atoms with E-state index in [0.29, 0.717) is 16.8 Å². The minimum Gasteiger partial charge on any atom is -0.449 e. The van der Waals surface area contributed by atoms with Crippen LogP contribution in [0.15, 0.2) is 41.1 Å². The van der Waals surface area contributed by atoms with Crippen LogP contribution in [0, 0.1) is 5.82 Å². The molecule has 0 saturated heterocycles. The van der Waals surface area contributed by atoms with Crippen molar-refractivity contribution in [3.8, 4) is 0 Å². The van der Waals surface area contributed by atoms with E-state index in [9.17, 15) is 14.0 Å². The van der Waals surface area contributed by atoms with Gasteiger partial charge in [-0.3, -0.25) is 4.79 Å². The highest BCUT2D eigenvalue weighted by Gasteiger charge is 2.22. The van der Waals surface area contributed by atoms with Gasteiger partial charge in [-0.1, -0.05) is 31.1 Å². The van der Waals surface area contributed by atoms with Gasteiger partial charge in [-0.05, 0) is 43.5 Å². The zero-order valence-corrected chi connectivity index (χ0v) is 16.6. The van der Waals surface area contributed by atoms with Crippen molar-refractivity contribution in [2.75, 3.05) is 0 Å². The maximum absolute atomic E-state index is 13.0. The molecule has 1 amide bonds. The highest BCUT2D eigenvalue weighted by atomic mass is 19.1. The van der Waals surface area contributed by atoms with Gasteiger partial charge < -0.3 is 14.6 Å². The molecular formula is C21H22FN3O4. The molecule has 0 unspecified atom stereocenters. The van der Waals surface area contributed by atoms with E-state index in [1.807, 2.05) is 13.8 Å². The number of carbonyl (C=O) groups excluding carboxylic acids is 2. The SMILES string of the molecule is CC(C)c1noc2ncc(C(=O)O[C@@H](C)C(=O)N[C@H](C)c3ccc(F)cc3)cc12. The molecule has 8 heteroatoms. The zero-order chi connectivity index (χ0) is 21.1. The monoisotopic (exact) mass is 399 g/mol. The highest BCUT2D eigenvalue weighted by Crippen LogP contribution is 2.24. The topological polar surface area (TPSA) is 94.3 Å². The molecule has 3 rings (SSSR count). The van der Waals surface area contributed by atoms with Gasteiger partial charge in [0, 0.05) is 6.20 Å². The third-order valence-electron chi connectivity index (χ3n) is 4.52. The number of amides is 1. The molecule has 1 N–H and O–H groups in total. The Morgan fingerprint density at radius 1 is 1.14 bits per heavy atom.